The molecule has 1 atom stereocenters. The van der Waals surface area contributed by atoms with E-state index in [9.17, 15) is 4.79 Å². The smallest absolute Gasteiger partial charge is 0.433 e. The number of carbonyl (C=O) groups is 1. The number of rotatable bonds is 1. The van der Waals surface area contributed by atoms with E-state index in [2.05, 4.69) is 36.1 Å². The van der Waals surface area contributed by atoms with Crippen molar-refractivity contribution in [1.29, 1.82) is 0 Å². The number of nitrogens with zero attached hydrogens (tertiary/aromatic N) is 1. The Labute approximate surface area is 99.9 Å². The summed E-state index contributed by atoms with van der Waals surface area (Å²) in [5, 5.41) is 6.21. The van der Waals surface area contributed by atoms with Crippen LogP contribution in [0.4, 0.5) is 4.79 Å². The normalized spacial score (nSPS) is 23.8. The van der Waals surface area contributed by atoms with Gasteiger partial charge in [0.05, 0.1) is 11.9 Å². The highest BCUT2D eigenvalue weighted by Gasteiger charge is 2.34. The summed E-state index contributed by atoms with van der Waals surface area (Å²) in [5.41, 5.74) is 0.0238. The second-order valence-electron chi connectivity index (χ2n) is 4.52. The Kier molecular flexibility index (Phi) is 4.46. The van der Waals surface area contributed by atoms with Gasteiger partial charge in [0.2, 0.25) is 5.90 Å². The number of hydrogen-bond donors (Lipinski definition) is 1. The van der Waals surface area contributed by atoms with E-state index in [-0.39, 0.29) is 10.7 Å². The van der Waals surface area contributed by atoms with E-state index < -0.39 is 6.09 Å². The Balaban J connectivity index is 2.70. The van der Waals surface area contributed by atoms with Crippen molar-refractivity contribution >= 4 is 23.8 Å². The predicted molar refractivity (Wildman–Crippen MR) is 64.6 cm³/mol. The molecule has 0 aliphatic carbocycles. The van der Waals surface area contributed by atoms with Crippen LogP contribution in [0.3, 0.4) is 0 Å². The highest BCUT2D eigenvalue weighted by atomic mass is 32.2. The summed E-state index contributed by atoms with van der Waals surface area (Å²) < 4.78 is 5.44. The molecule has 1 aliphatic heterocycles. The molecule has 5 nitrogen and oxygen atoms in total. The Morgan fingerprint density at radius 1 is 1.62 bits per heavy atom. The third kappa shape index (κ3) is 3.59. The fourth-order valence-corrected chi connectivity index (χ4v) is 2.45. The Hall–Kier alpha value is -0.910. The molecule has 16 heavy (non-hydrogen) atoms. The lowest BCUT2D eigenvalue weighted by molar-refractivity contribution is 0.144. The van der Waals surface area contributed by atoms with Crippen LogP contribution >= 0.6 is 11.8 Å². The summed E-state index contributed by atoms with van der Waals surface area (Å²) in [4.78, 5) is 15.6. The zero-order valence-corrected chi connectivity index (χ0v) is 10.9. The molecule has 1 rings (SSSR count). The average molecular weight is 246 g/mol. The molecule has 0 radical (unpaired) electrons. The van der Waals surface area contributed by atoms with Gasteiger partial charge in [0.1, 0.15) is 0 Å². The van der Waals surface area contributed by atoms with Crippen molar-refractivity contribution in [3.05, 3.63) is 0 Å². The third-order valence-electron chi connectivity index (χ3n) is 2.05. The summed E-state index contributed by atoms with van der Waals surface area (Å²) >= 11 is 1.77. The molecule has 1 aliphatic rings. The molecule has 0 bridgehead atoms. The molecule has 1 amide bonds. The molecular formula is C10H18N2O3S. The summed E-state index contributed by atoms with van der Waals surface area (Å²) in [7, 11) is 1.49. The van der Waals surface area contributed by atoms with Gasteiger partial charge in [0.15, 0.2) is 0 Å². The van der Waals surface area contributed by atoms with Crippen LogP contribution in [-0.4, -0.2) is 36.6 Å². The maximum absolute atomic E-state index is 10.9. The minimum absolute atomic E-state index is 0.0238. The van der Waals surface area contributed by atoms with Gasteiger partial charge in [-0.05, 0) is 10.6 Å². The van der Waals surface area contributed by atoms with E-state index >= 15 is 0 Å². The van der Waals surface area contributed by atoms with E-state index in [0.717, 1.165) is 5.75 Å². The molecule has 1 saturated heterocycles. The maximum Gasteiger partial charge on any atom is 0.433 e. The van der Waals surface area contributed by atoms with Crippen LogP contribution < -0.4 is 5.32 Å². The van der Waals surface area contributed by atoms with Crippen molar-refractivity contribution in [2.75, 3.05) is 19.4 Å². The molecule has 0 aromatic carbocycles. The number of amides is 1. The Morgan fingerprint density at radius 3 is 2.88 bits per heavy atom. The molecule has 0 aromatic heterocycles. The van der Waals surface area contributed by atoms with Crippen molar-refractivity contribution in [1.82, 2.24) is 5.32 Å². The van der Waals surface area contributed by atoms with Gasteiger partial charge < -0.3 is 10.1 Å². The average Bonchev–Trinajstić information content (AvgIpc) is 2.25. The first-order valence-electron chi connectivity index (χ1n) is 5.16. The van der Waals surface area contributed by atoms with E-state index in [1.807, 2.05) is 0 Å². The van der Waals surface area contributed by atoms with Gasteiger partial charge in [-0.3, -0.25) is 4.84 Å². The minimum atomic E-state index is -0.584. The lowest BCUT2D eigenvalue weighted by Gasteiger charge is -2.33. The van der Waals surface area contributed by atoms with Crippen molar-refractivity contribution in [2.24, 2.45) is 10.6 Å². The second-order valence-corrected chi connectivity index (χ2v) is 5.74. The zero-order chi connectivity index (χ0) is 12.2. The predicted octanol–water partition coefficient (Wildman–Crippen LogP) is 1.83. The van der Waals surface area contributed by atoms with Crippen LogP contribution in [0.5, 0.6) is 0 Å². The first-order valence-corrected chi connectivity index (χ1v) is 6.21. The first-order chi connectivity index (χ1) is 7.45. The van der Waals surface area contributed by atoms with Crippen molar-refractivity contribution in [3.63, 3.8) is 0 Å². The lowest BCUT2D eigenvalue weighted by Crippen LogP contribution is -2.38. The van der Waals surface area contributed by atoms with E-state index in [1.54, 1.807) is 11.8 Å². The van der Waals surface area contributed by atoms with Crippen molar-refractivity contribution in [3.8, 4) is 0 Å². The fraction of sp³-hybridized carbons (Fsp3) is 0.800. The molecule has 92 valence electrons. The lowest BCUT2D eigenvalue weighted by atomic mass is 9.91. The molecule has 1 N–H and O–H groups in total. The summed E-state index contributed by atoms with van der Waals surface area (Å²) in [6.45, 7) is 6.92. The summed E-state index contributed by atoms with van der Waals surface area (Å²) in [6.07, 6.45) is -0.584. The maximum atomic E-state index is 10.9. The number of nitrogens with one attached hydrogen (secondary N) is 1. The highest BCUT2D eigenvalue weighted by Crippen LogP contribution is 2.34. The number of hydrogen-bond acceptors (Lipinski definition) is 5. The topological polar surface area (TPSA) is 59.9 Å². The quantitative estimate of drug-likeness (QED) is 0.566. The summed E-state index contributed by atoms with van der Waals surface area (Å²) in [6, 6.07) is 0. The van der Waals surface area contributed by atoms with Crippen LogP contribution in [0, 0.1) is 5.41 Å². The van der Waals surface area contributed by atoms with Crippen LogP contribution in [0.15, 0.2) is 5.16 Å². The molecule has 0 aromatic rings. The molecule has 6 heteroatoms. The number of oxime groups is 1. The molecule has 1 fully saturated rings. The molecule has 1 heterocycles. The van der Waals surface area contributed by atoms with Gasteiger partial charge in [-0.15, -0.1) is 11.8 Å². The van der Waals surface area contributed by atoms with Crippen molar-refractivity contribution in [2.45, 2.75) is 26.0 Å². The standard InChI is InChI=1S/C10H18N2O3S/c1-10(2,3)7-8(14-5-6-16-7)12-15-9(13)11-4/h7H,5-6H2,1-4H3,(H,11,13). The van der Waals surface area contributed by atoms with Gasteiger partial charge in [-0.25, -0.2) is 4.79 Å². The third-order valence-corrected chi connectivity index (χ3v) is 3.70. The Morgan fingerprint density at radius 2 is 2.31 bits per heavy atom. The fourth-order valence-electron chi connectivity index (χ4n) is 1.29. The molecule has 0 spiro atoms. The molecular weight excluding hydrogens is 228 g/mol. The number of thioether (sulfide) groups is 1. The molecule has 1 unspecified atom stereocenters. The van der Waals surface area contributed by atoms with Crippen molar-refractivity contribution < 1.29 is 14.4 Å². The second kappa shape index (κ2) is 5.43. The monoisotopic (exact) mass is 246 g/mol. The number of carbonyl (C=O) groups excluding carboxylic acids is 1. The van der Waals surface area contributed by atoms with Gasteiger partial charge in [0, 0.05) is 12.8 Å². The largest absolute Gasteiger partial charge is 0.477 e. The van der Waals surface area contributed by atoms with Gasteiger partial charge in [-0.1, -0.05) is 20.8 Å². The minimum Gasteiger partial charge on any atom is -0.477 e. The van der Waals surface area contributed by atoms with E-state index in [0.29, 0.717) is 12.5 Å². The van der Waals surface area contributed by atoms with E-state index in [4.69, 9.17) is 4.74 Å². The Bertz CT molecular complexity index is 286. The highest BCUT2D eigenvalue weighted by molar-refractivity contribution is 8.00. The van der Waals surface area contributed by atoms with Gasteiger partial charge >= 0.3 is 6.09 Å². The SMILES string of the molecule is CNC(=O)ON=C1OCCSC1C(C)(C)C. The van der Waals surface area contributed by atoms with Crippen LogP contribution in [0.1, 0.15) is 20.8 Å². The van der Waals surface area contributed by atoms with Gasteiger partial charge in [0.25, 0.3) is 0 Å². The van der Waals surface area contributed by atoms with Crippen LogP contribution in [-0.2, 0) is 9.57 Å². The van der Waals surface area contributed by atoms with Crippen LogP contribution in [0.2, 0.25) is 0 Å². The van der Waals surface area contributed by atoms with Gasteiger partial charge in [-0.2, -0.15) is 0 Å². The first kappa shape index (κ1) is 13.2. The molecule has 0 saturated carbocycles. The van der Waals surface area contributed by atoms with Crippen LogP contribution in [0.25, 0.3) is 0 Å². The van der Waals surface area contributed by atoms with E-state index in [1.165, 1.54) is 7.05 Å². The number of ether oxygens (including phenoxy) is 1. The summed E-state index contributed by atoms with van der Waals surface area (Å²) in [5.74, 6) is 1.42. The zero-order valence-electron chi connectivity index (χ0n) is 10.1.